The van der Waals surface area contributed by atoms with Gasteiger partial charge in [0.15, 0.2) is 0 Å². The van der Waals surface area contributed by atoms with E-state index in [4.69, 9.17) is 0 Å². The molecule has 0 fully saturated rings. The molecule has 138 valence electrons. The van der Waals surface area contributed by atoms with Gasteiger partial charge in [-0.25, -0.2) is 0 Å². The summed E-state index contributed by atoms with van der Waals surface area (Å²) >= 11 is 0. The zero-order chi connectivity index (χ0) is 19.6. The Balaban J connectivity index is 1.53. The average Bonchev–Trinajstić information content (AvgIpc) is 3.31. The van der Waals surface area contributed by atoms with Crippen molar-refractivity contribution in [2.45, 2.75) is 13.1 Å². The summed E-state index contributed by atoms with van der Waals surface area (Å²) in [5, 5.41) is 3.06. The summed E-state index contributed by atoms with van der Waals surface area (Å²) in [6.07, 6.45) is 4.80. The van der Waals surface area contributed by atoms with Gasteiger partial charge in [0.25, 0.3) is 0 Å². The third-order valence-corrected chi connectivity index (χ3v) is 10.2. The molecule has 0 unspecified atom stereocenters. The molecule has 0 saturated heterocycles. The Hall–Kier alpha value is -2.90. The molecule has 0 nitrogen and oxygen atoms in total. The summed E-state index contributed by atoms with van der Waals surface area (Å²) in [5.74, 6) is 0. The second-order valence-corrected chi connectivity index (χ2v) is 12.9. The summed E-state index contributed by atoms with van der Waals surface area (Å²) in [5.41, 5.74) is 11.1. The Morgan fingerprint density at radius 3 is 1.34 bits per heavy atom. The summed E-state index contributed by atoms with van der Waals surface area (Å²) in [7, 11) is -1.91. The van der Waals surface area contributed by atoms with E-state index in [-0.39, 0.29) is 0 Å². The van der Waals surface area contributed by atoms with Crippen LogP contribution in [0.25, 0.3) is 22.3 Å². The lowest BCUT2D eigenvalue weighted by Crippen LogP contribution is -2.55. The summed E-state index contributed by atoms with van der Waals surface area (Å²) < 4.78 is 0. The second kappa shape index (κ2) is 6.05. The first-order valence-electron chi connectivity index (χ1n) is 10.3. The van der Waals surface area contributed by atoms with Crippen LogP contribution in [0.2, 0.25) is 13.1 Å². The quantitative estimate of drug-likeness (QED) is 0.336. The third-order valence-electron chi connectivity index (χ3n) is 6.66. The smallest absolute Gasteiger partial charge is 0.0623 e. The molecule has 0 N–H and O–H groups in total. The Bertz CT molecular complexity index is 1180. The fraction of sp³-hybridized carbons (Fsp3) is 0.0714. The van der Waals surface area contributed by atoms with Crippen molar-refractivity contribution >= 4 is 18.4 Å². The highest BCUT2D eigenvalue weighted by atomic mass is 28.3. The summed E-state index contributed by atoms with van der Waals surface area (Å²) in [4.78, 5) is 0. The third kappa shape index (κ3) is 2.37. The lowest BCUT2D eigenvalue weighted by atomic mass is 10.1. The molecule has 0 amide bonds. The van der Waals surface area contributed by atoms with Crippen molar-refractivity contribution in [1.82, 2.24) is 0 Å². The van der Waals surface area contributed by atoms with Gasteiger partial charge in [-0.2, -0.15) is 0 Å². The van der Waals surface area contributed by atoms with Crippen molar-refractivity contribution in [3.05, 3.63) is 120 Å². The maximum atomic E-state index is 2.51. The van der Waals surface area contributed by atoms with Gasteiger partial charge in [0.2, 0.25) is 0 Å². The van der Waals surface area contributed by atoms with Crippen molar-refractivity contribution in [2.24, 2.45) is 0 Å². The highest BCUT2D eigenvalue weighted by molar-refractivity contribution is 7.01. The van der Waals surface area contributed by atoms with Crippen LogP contribution in [-0.4, -0.2) is 8.07 Å². The van der Waals surface area contributed by atoms with Crippen molar-refractivity contribution in [1.29, 1.82) is 0 Å². The molecular formula is C28H22Si. The summed E-state index contributed by atoms with van der Waals surface area (Å²) in [6.45, 7) is 5.01. The monoisotopic (exact) mass is 386 g/mol. The minimum atomic E-state index is -1.91. The van der Waals surface area contributed by atoms with Gasteiger partial charge >= 0.3 is 0 Å². The van der Waals surface area contributed by atoms with Crippen LogP contribution in [0, 0.1) is 12.8 Å². The van der Waals surface area contributed by atoms with E-state index in [9.17, 15) is 0 Å². The molecule has 0 saturated carbocycles. The number of benzene rings is 4. The fourth-order valence-corrected chi connectivity index (χ4v) is 8.27. The van der Waals surface area contributed by atoms with Gasteiger partial charge in [-0.1, -0.05) is 108 Å². The van der Waals surface area contributed by atoms with Crippen LogP contribution in [0.15, 0.2) is 84.9 Å². The van der Waals surface area contributed by atoms with E-state index < -0.39 is 8.07 Å². The predicted octanol–water partition coefficient (Wildman–Crippen LogP) is 5.67. The summed E-state index contributed by atoms with van der Waals surface area (Å²) in [6, 6.07) is 31.3. The zero-order valence-corrected chi connectivity index (χ0v) is 17.7. The van der Waals surface area contributed by atoms with E-state index >= 15 is 0 Å². The molecule has 0 heterocycles. The molecule has 2 aliphatic rings. The fourth-order valence-electron chi connectivity index (χ4n) is 5.19. The van der Waals surface area contributed by atoms with Gasteiger partial charge in [-0.3, -0.25) is 0 Å². The Morgan fingerprint density at radius 1 is 0.448 bits per heavy atom. The van der Waals surface area contributed by atoms with Crippen molar-refractivity contribution < 1.29 is 0 Å². The maximum Gasteiger partial charge on any atom is 0.113 e. The van der Waals surface area contributed by atoms with Crippen LogP contribution in [0.1, 0.15) is 22.3 Å². The topological polar surface area (TPSA) is 0 Å². The highest BCUT2D eigenvalue weighted by Crippen LogP contribution is 2.39. The molecular weight excluding hydrogens is 364 g/mol. The molecule has 6 rings (SSSR count). The highest BCUT2D eigenvalue weighted by Gasteiger charge is 2.35. The van der Waals surface area contributed by atoms with Gasteiger partial charge in [-0.05, 0) is 44.5 Å². The Morgan fingerprint density at radius 2 is 0.862 bits per heavy atom. The van der Waals surface area contributed by atoms with Crippen LogP contribution >= 0.6 is 0 Å². The molecule has 0 bridgehead atoms. The zero-order valence-electron chi connectivity index (χ0n) is 16.7. The molecule has 2 aliphatic carbocycles. The predicted molar refractivity (Wildman–Crippen MR) is 126 cm³/mol. The van der Waals surface area contributed by atoms with Gasteiger partial charge in [-0.15, -0.1) is 0 Å². The molecule has 2 radical (unpaired) electrons. The lowest BCUT2D eigenvalue weighted by molar-refractivity contribution is 1.53. The lowest BCUT2D eigenvalue weighted by Gasteiger charge is -2.28. The maximum absolute atomic E-state index is 2.51. The molecule has 0 aromatic heterocycles. The molecule has 0 spiro atoms. The van der Waals surface area contributed by atoms with Crippen molar-refractivity contribution in [3.8, 4) is 22.3 Å². The number of rotatable bonds is 2. The average molecular weight is 387 g/mol. The SMILES string of the molecule is C[Si](C)(c1cccc2c1[CH]c1ccccc1-2)c1cccc2c1[CH]c1ccccc1-2. The van der Waals surface area contributed by atoms with Crippen molar-refractivity contribution in [2.75, 3.05) is 0 Å². The first-order valence-corrected chi connectivity index (χ1v) is 13.3. The van der Waals surface area contributed by atoms with Crippen LogP contribution < -0.4 is 10.4 Å². The van der Waals surface area contributed by atoms with Crippen molar-refractivity contribution in [3.63, 3.8) is 0 Å². The minimum absolute atomic E-state index is 1.34. The van der Waals surface area contributed by atoms with Crippen LogP contribution in [0.5, 0.6) is 0 Å². The number of hydrogen-bond acceptors (Lipinski definition) is 0. The Labute approximate surface area is 173 Å². The van der Waals surface area contributed by atoms with E-state index in [0.717, 1.165) is 0 Å². The van der Waals surface area contributed by atoms with Gasteiger partial charge in [0, 0.05) is 12.8 Å². The van der Waals surface area contributed by atoms with Crippen LogP contribution in [0.3, 0.4) is 0 Å². The van der Waals surface area contributed by atoms with E-state index in [1.807, 2.05) is 0 Å². The van der Waals surface area contributed by atoms with Gasteiger partial charge in [0.05, 0.1) is 0 Å². The molecule has 0 aliphatic heterocycles. The molecule has 1 heteroatoms. The first-order chi connectivity index (χ1) is 14.1. The standard InChI is InChI=1S/C28H22Si/c1-29(2,27-15-7-13-23-21-11-5-3-9-19(21)17-25(23)27)28-16-8-14-24-22-12-6-4-10-20(22)18-26(24)28/h3-18H,1-2H3. The van der Waals surface area contributed by atoms with E-state index in [1.54, 1.807) is 0 Å². The first kappa shape index (κ1) is 17.0. The van der Waals surface area contributed by atoms with E-state index in [2.05, 4.69) is 111 Å². The molecule has 4 aromatic carbocycles. The van der Waals surface area contributed by atoms with E-state index in [0.29, 0.717) is 0 Å². The van der Waals surface area contributed by atoms with Crippen LogP contribution in [0.4, 0.5) is 0 Å². The normalized spacial score (nSPS) is 13.6. The van der Waals surface area contributed by atoms with Gasteiger partial charge < -0.3 is 0 Å². The minimum Gasteiger partial charge on any atom is -0.0623 e. The Kier molecular flexibility index (Phi) is 3.54. The largest absolute Gasteiger partial charge is 0.113 e. The number of hydrogen-bond donors (Lipinski definition) is 0. The van der Waals surface area contributed by atoms with Gasteiger partial charge in [0.1, 0.15) is 8.07 Å². The molecule has 29 heavy (non-hydrogen) atoms. The van der Waals surface area contributed by atoms with E-state index in [1.165, 1.54) is 54.9 Å². The second-order valence-electron chi connectivity index (χ2n) is 8.62. The number of fused-ring (bicyclic) bond motifs is 6. The molecule has 0 atom stereocenters. The molecule has 4 aromatic rings. The van der Waals surface area contributed by atoms with Crippen LogP contribution in [-0.2, 0) is 0 Å².